The first kappa shape index (κ1) is 21.7. The van der Waals surface area contributed by atoms with E-state index in [-0.39, 0.29) is 0 Å². The Morgan fingerprint density at radius 2 is 1.63 bits per heavy atom. The molecule has 0 unspecified atom stereocenters. The minimum atomic E-state index is 0.660. The van der Waals surface area contributed by atoms with Gasteiger partial charge in [-0.1, -0.05) is 42.8 Å². The fraction of sp³-hybridized carbons (Fsp3) is 0.276. The molecular formula is C29H29N5O. The normalized spacial score (nSPS) is 14.5. The van der Waals surface area contributed by atoms with Crippen LogP contribution in [0.2, 0.25) is 0 Å². The summed E-state index contributed by atoms with van der Waals surface area (Å²) < 4.78 is 7.73. The largest absolute Gasteiger partial charge is 0.476 e. The molecule has 2 aromatic carbocycles. The number of fused-ring (bicyclic) bond motifs is 2. The fourth-order valence-corrected chi connectivity index (χ4v) is 5.00. The van der Waals surface area contributed by atoms with Crippen molar-refractivity contribution < 1.29 is 4.74 Å². The maximum Gasteiger partial charge on any atom is 0.213 e. The number of benzene rings is 2. The molecule has 1 aliphatic rings. The van der Waals surface area contributed by atoms with Crippen molar-refractivity contribution >= 4 is 16.4 Å². The van der Waals surface area contributed by atoms with E-state index in [0.29, 0.717) is 12.5 Å². The third kappa shape index (κ3) is 4.37. The van der Waals surface area contributed by atoms with Gasteiger partial charge >= 0.3 is 0 Å². The number of pyridine rings is 1. The standard InChI is InChI=1S/C29H29N5O/c1-21-9-11-26(25-8-4-3-7-24(21)25)27-19-32-34-20-23(18-31-29(27)34)22-10-12-28(30-17-22)35-16-15-33-13-5-2-6-14-33/h3-4,7-12,17-20H,2,5-6,13-16H2,1H3. The lowest BCUT2D eigenvalue weighted by molar-refractivity contribution is 0.180. The van der Waals surface area contributed by atoms with Gasteiger partial charge in [-0.05, 0) is 60.8 Å². The number of piperidine rings is 1. The SMILES string of the molecule is Cc1ccc(-c2cnn3cc(-c4ccc(OCCN5CCCCC5)nc4)cnc23)c2ccccc12. The molecule has 1 aliphatic heterocycles. The molecule has 1 saturated heterocycles. The minimum absolute atomic E-state index is 0.660. The van der Waals surface area contributed by atoms with Crippen LogP contribution in [0, 0.1) is 6.92 Å². The summed E-state index contributed by atoms with van der Waals surface area (Å²) in [6.45, 7) is 6.14. The maximum absolute atomic E-state index is 5.88. The predicted octanol–water partition coefficient (Wildman–Crippen LogP) is 5.78. The van der Waals surface area contributed by atoms with Crippen LogP contribution >= 0.6 is 0 Å². The smallest absolute Gasteiger partial charge is 0.213 e. The first-order valence-electron chi connectivity index (χ1n) is 12.4. The second-order valence-electron chi connectivity index (χ2n) is 9.28. The Kier molecular flexibility index (Phi) is 5.88. The van der Waals surface area contributed by atoms with Crippen molar-refractivity contribution in [2.24, 2.45) is 0 Å². The van der Waals surface area contributed by atoms with Crippen molar-refractivity contribution in [2.45, 2.75) is 26.2 Å². The molecule has 0 N–H and O–H groups in total. The summed E-state index contributed by atoms with van der Waals surface area (Å²) in [5, 5.41) is 7.09. The number of aryl methyl sites for hydroxylation is 1. The number of ether oxygens (including phenoxy) is 1. The summed E-state index contributed by atoms with van der Waals surface area (Å²) in [6.07, 6.45) is 11.6. The van der Waals surface area contributed by atoms with Crippen LogP contribution in [-0.4, -0.2) is 50.7 Å². The van der Waals surface area contributed by atoms with Crippen LogP contribution in [-0.2, 0) is 0 Å². The zero-order chi connectivity index (χ0) is 23.6. The highest BCUT2D eigenvalue weighted by atomic mass is 16.5. The first-order chi connectivity index (χ1) is 17.3. The van der Waals surface area contributed by atoms with Gasteiger partial charge in [0.25, 0.3) is 0 Å². The van der Waals surface area contributed by atoms with Gasteiger partial charge in [-0.3, -0.25) is 4.90 Å². The van der Waals surface area contributed by atoms with Crippen molar-refractivity contribution in [3.63, 3.8) is 0 Å². The fourth-order valence-electron chi connectivity index (χ4n) is 5.00. The quantitative estimate of drug-likeness (QED) is 0.319. The second kappa shape index (κ2) is 9.47. The molecule has 6 rings (SSSR count). The van der Waals surface area contributed by atoms with Gasteiger partial charge in [0.05, 0.1) is 6.20 Å². The highest BCUT2D eigenvalue weighted by molar-refractivity contribution is 6.01. The Bertz CT molecular complexity index is 1470. The molecule has 6 heteroatoms. The van der Waals surface area contributed by atoms with E-state index in [4.69, 9.17) is 9.72 Å². The molecule has 5 aromatic rings. The van der Waals surface area contributed by atoms with Gasteiger partial charge in [0.2, 0.25) is 5.88 Å². The lowest BCUT2D eigenvalue weighted by atomic mass is 9.97. The molecule has 0 spiro atoms. The third-order valence-corrected chi connectivity index (χ3v) is 6.96. The highest BCUT2D eigenvalue weighted by Gasteiger charge is 2.13. The van der Waals surface area contributed by atoms with Gasteiger partial charge in [0.1, 0.15) is 6.61 Å². The van der Waals surface area contributed by atoms with Crippen LogP contribution in [0.25, 0.3) is 38.7 Å². The molecule has 6 nitrogen and oxygen atoms in total. The van der Waals surface area contributed by atoms with Crippen molar-refractivity contribution in [3.05, 3.63) is 78.9 Å². The van der Waals surface area contributed by atoms with Gasteiger partial charge in [0.15, 0.2) is 5.65 Å². The zero-order valence-electron chi connectivity index (χ0n) is 20.0. The van der Waals surface area contributed by atoms with E-state index in [0.717, 1.165) is 34.4 Å². The van der Waals surface area contributed by atoms with Crippen molar-refractivity contribution in [2.75, 3.05) is 26.2 Å². The summed E-state index contributed by atoms with van der Waals surface area (Å²) in [7, 11) is 0. The Hall–Kier alpha value is -3.77. The van der Waals surface area contributed by atoms with Crippen LogP contribution in [0.4, 0.5) is 0 Å². The molecule has 0 atom stereocenters. The molecule has 35 heavy (non-hydrogen) atoms. The average Bonchev–Trinajstić information content (AvgIpc) is 3.33. The predicted molar refractivity (Wildman–Crippen MR) is 140 cm³/mol. The molecule has 176 valence electrons. The summed E-state index contributed by atoms with van der Waals surface area (Å²) in [4.78, 5) is 11.8. The topological polar surface area (TPSA) is 55.6 Å². The molecule has 3 aromatic heterocycles. The van der Waals surface area contributed by atoms with E-state index in [1.54, 1.807) is 0 Å². The Labute approximate surface area is 205 Å². The average molecular weight is 464 g/mol. The Morgan fingerprint density at radius 1 is 0.800 bits per heavy atom. The van der Waals surface area contributed by atoms with E-state index in [2.05, 4.69) is 58.3 Å². The number of aromatic nitrogens is 4. The third-order valence-electron chi connectivity index (χ3n) is 6.96. The second-order valence-corrected chi connectivity index (χ2v) is 9.28. The highest BCUT2D eigenvalue weighted by Crippen LogP contribution is 2.33. The molecule has 0 amide bonds. The van der Waals surface area contributed by atoms with E-state index < -0.39 is 0 Å². The number of nitrogens with zero attached hydrogens (tertiary/aromatic N) is 5. The van der Waals surface area contributed by atoms with E-state index in [1.165, 1.54) is 48.7 Å². The van der Waals surface area contributed by atoms with Crippen molar-refractivity contribution in [3.8, 4) is 28.1 Å². The lowest BCUT2D eigenvalue weighted by Gasteiger charge is -2.26. The van der Waals surface area contributed by atoms with Gasteiger partial charge in [-0.2, -0.15) is 5.10 Å². The van der Waals surface area contributed by atoms with Gasteiger partial charge < -0.3 is 4.74 Å². The summed E-state index contributed by atoms with van der Waals surface area (Å²) in [5.41, 5.74) is 6.24. The van der Waals surface area contributed by atoms with Gasteiger partial charge in [0, 0.05) is 47.9 Å². The van der Waals surface area contributed by atoms with Crippen LogP contribution in [0.5, 0.6) is 5.88 Å². The van der Waals surface area contributed by atoms with Gasteiger partial charge in [-0.25, -0.2) is 14.5 Å². The molecule has 0 aliphatic carbocycles. The van der Waals surface area contributed by atoms with Crippen molar-refractivity contribution in [1.82, 2.24) is 24.5 Å². The number of rotatable bonds is 6. The molecule has 4 heterocycles. The summed E-state index contributed by atoms with van der Waals surface area (Å²) in [6, 6.07) is 16.8. The van der Waals surface area contributed by atoms with Crippen LogP contribution < -0.4 is 4.74 Å². The molecule has 0 bridgehead atoms. The monoisotopic (exact) mass is 463 g/mol. The van der Waals surface area contributed by atoms with Crippen molar-refractivity contribution in [1.29, 1.82) is 0 Å². The lowest BCUT2D eigenvalue weighted by Crippen LogP contribution is -2.33. The molecule has 0 saturated carbocycles. The Balaban J connectivity index is 1.21. The summed E-state index contributed by atoms with van der Waals surface area (Å²) >= 11 is 0. The van der Waals surface area contributed by atoms with E-state index in [9.17, 15) is 0 Å². The first-order valence-corrected chi connectivity index (χ1v) is 12.4. The van der Waals surface area contributed by atoms with E-state index >= 15 is 0 Å². The number of likely N-dealkylation sites (tertiary alicyclic amines) is 1. The van der Waals surface area contributed by atoms with E-state index in [1.807, 2.05) is 41.4 Å². The summed E-state index contributed by atoms with van der Waals surface area (Å²) in [5.74, 6) is 0.660. The molecule has 0 radical (unpaired) electrons. The number of hydrogen-bond acceptors (Lipinski definition) is 5. The van der Waals surface area contributed by atoms with Crippen LogP contribution in [0.3, 0.4) is 0 Å². The van der Waals surface area contributed by atoms with Gasteiger partial charge in [-0.15, -0.1) is 0 Å². The number of hydrogen-bond donors (Lipinski definition) is 0. The molecular weight excluding hydrogens is 434 g/mol. The molecule has 1 fully saturated rings. The van der Waals surface area contributed by atoms with Crippen LogP contribution in [0.15, 0.2) is 73.3 Å². The maximum atomic E-state index is 5.88. The zero-order valence-corrected chi connectivity index (χ0v) is 20.0. The van der Waals surface area contributed by atoms with Crippen LogP contribution in [0.1, 0.15) is 24.8 Å². The minimum Gasteiger partial charge on any atom is -0.476 e. The Morgan fingerprint density at radius 3 is 2.46 bits per heavy atom.